The van der Waals surface area contributed by atoms with Crippen LogP contribution in [0.3, 0.4) is 0 Å². The summed E-state index contributed by atoms with van der Waals surface area (Å²) in [5.74, 6) is 0. The predicted molar refractivity (Wildman–Crippen MR) is 77.9 cm³/mol. The van der Waals surface area contributed by atoms with E-state index in [2.05, 4.69) is 20.9 Å². The summed E-state index contributed by atoms with van der Waals surface area (Å²) in [5, 5.41) is 9.50. The first kappa shape index (κ1) is 13.8. The fourth-order valence-corrected chi connectivity index (χ4v) is 3.05. The summed E-state index contributed by atoms with van der Waals surface area (Å²) in [5.41, 5.74) is 1.89. The van der Waals surface area contributed by atoms with Gasteiger partial charge in [0.25, 0.3) is 0 Å². The van der Waals surface area contributed by atoms with Crippen molar-refractivity contribution in [2.24, 2.45) is 0 Å². The molecule has 20 heavy (non-hydrogen) atoms. The van der Waals surface area contributed by atoms with E-state index < -0.39 is 6.10 Å². The molecular formula is C15H23N3O2. The highest BCUT2D eigenvalue weighted by atomic mass is 16.5. The van der Waals surface area contributed by atoms with Gasteiger partial charge in [-0.3, -0.25) is 9.88 Å². The molecule has 2 saturated heterocycles. The Kier molecular flexibility index (Phi) is 4.19. The Hall–Kier alpha value is -1.17. The van der Waals surface area contributed by atoms with Crippen molar-refractivity contribution in [3.63, 3.8) is 0 Å². The zero-order valence-corrected chi connectivity index (χ0v) is 12.0. The fraction of sp³-hybridized carbons (Fsp3) is 0.667. The molecule has 0 saturated carbocycles. The van der Waals surface area contributed by atoms with Gasteiger partial charge in [0.05, 0.1) is 36.9 Å². The lowest BCUT2D eigenvalue weighted by atomic mass is 10.2. The van der Waals surface area contributed by atoms with Gasteiger partial charge >= 0.3 is 0 Å². The van der Waals surface area contributed by atoms with E-state index in [0.717, 1.165) is 50.8 Å². The minimum absolute atomic E-state index is 0.497. The third-order valence-electron chi connectivity index (χ3n) is 4.29. The van der Waals surface area contributed by atoms with Gasteiger partial charge in [-0.05, 0) is 25.5 Å². The molecule has 2 aliphatic heterocycles. The Balaban J connectivity index is 1.61. The van der Waals surface area contributed by atoms with Crippen molar-refractivity contribution in [3.8, 4) is 0 Å². The molecule has 2 fully saturated rings. The maximum atomic E-state index is 9.50. The largest absolute Gasteiger partial charge is 0.387 e. The number of aliphatic hydroxyl groups is 1. The van der Waals surface area contributed by atoms with E-state index in [1.807, 2.05) is 12.3 Å². The van der Waals surface area contributed by atoms with Crippen LogP contribution in [0.2, 0.25) is 0 Å². The number of hydrogen-bond acceptors (Lipinski definition) is 5. The molecule has 0 bridgehead atoms. The summed E-state index contributed by atoms with van der Waals surface area (Å²) in [7, 11) is 0. The third-order valence-corrected chi connectivity index (χ3v) is 4.29. The summed E-state index contributed by atoms with van der Waals surface area (Å²) in [6, 6.07) is 4.62. The lowest BCUT2D eigenvalue weighted by Crippen LogP contribution is -2.44. The second kappa shape index (κ2) is 6.08. The number of nitrogens with zero attached hydrogens (tertiary/aromatic N) is 3. The summed E-state index contributed by atoms with van der Waals surface area (Å²) in [4.78, 5) is 9.27. The number of aliphatic hydroxyl groups excluding tert-OH is 1. The number of anilines is 1. The van der Waals surface area contributed by atoms with Crippen molar-refractivity contribution >= 4 is 5.69 Å². The number of hydrogen-bond donors (Lipinski definition) is 1. The lowest BCUT2D eigenvalue weighted by molar-refractivity contribution is 0.0209. The normalized spacial score (nSPS) is 25.9. The summed E-state index contributed by atoms with van der Waals surface area (Å²) in [6.45, 7) is 7.72. The van der Waals surface area contributed by atoms with E-state index in [0.29, 0.717) is 6.04 Å². The summed E-state index contributed by atoms with van der Waals surface area (Å²) < 4.78 is 5.42. The van der Waals surface area contributed by atoms with Crippen LogP contribution in [0.25, 0.3) is 0 Å². The number of ether oxygens (including phenoxy) is 1. The number of morpholine rings is 1. The zero-order valence-electron chi connectivity index (χ0n) is 12.0. The first-order valence-electron chi connectivity index (χ1n) is 7.45. The zero-order chi connectivity index (χ0) is 13.9. The molecule has 0 amide bonds. The molecule has 0 radical (unpaired) electrons. The van der Waals surface area contributed by atoms with Crippen LogP contribution in [0, 0.1) is 0 Å². The Bertz CT molecular complexity index is 429. The molecule has 0 aliphatic carbocycles. The Morgan fingerprint density at radius 2 is 2.10 bits per heavy atom. The molecule has 1 aromatic rings. The standard InChI is InChI=1S/C15H23N3O2/c1-12(19)15-3-2-13(10-16-15)18-5-4-14(11-18)17-6-8-20-9-7-17/h2-3,10,12,14,19H,4-9,11H2,1H3/t12-,14?/m1/s1. The van der Waals surface area contributed by atoms with Crippen LogP contribution in [0.15, 0.2) is 18.3 Å². The maximum Gasteiger partial charge on any atom is 0.0931 e. The van der Waals surface area contributed by atoms with Crippen LogP contribution < -0.4 is 4.90 Å². The molecule has 5 heteroatoms. The highest BCUT2D eigenvalue weighted by Gasteiger charge is 2.28. The van der Waals surface area contributed by atoms with Crippen molar-refractivity contribution in [2.75, 3.05) is 44.3 Å². The Morgan fingerprint density at radius 3 is 2.75 bits per heavy atom. The molecule has 0 spiro atoms. The number of pyridine rings is 1. The van der Waals surface area contributed by atoms with Crippen LogP contribution in [-0.2, 0) is 4.74 Å². The lowest BCUT2D eigenvalue weighted by Gasteiger charge is -2.32. The summed E-state index contributed by atoms with van der Waals surface area (Å²) in [6.07, 6.45) is 2.59. The Morgan fingerprint density at radius 1 is 1.30 bits per heavy atom. The third kappa shape index (κ3) is 2.95. The first-order chi connectivity index (χ1) is 9.74. The second-order valence-corrected chi connectivity index (χ2v) is 5.65. The van der Waals surface area contributed by atoms with Crippen LogP contribution in [-0.4, -0.2) is 60.4 Å². The van der Waals surface area contributed by atoms with Crippen molar-refractivity contribution in [3.05, 3.63) is 24.0 Å². The molecule has 1 N–H and O–H groups in total. The van der Waals surface area contributed by atoms with E-state index in [-0.39, 0.29) is 0 Å². The fourth-order valence-electron chi connectivity index (χ4n) is 3.05. The number of rotatable bonds is 3. The van der Waals surface area contributed by atoms with Gasteiger partial charge in [0, 0.05) is 32.2 Å². The van der Waals surface area contributed by atoms with Gasteiger partial charge in [0.1, 0.15) is 0 Å². The SMILES string of the molecule is C[C@@H](O)c1ccc(N2CCC(N3CCOCC3)C2)cn1. The van der Waals surface area contributed by atoms with Crippen LogP contribution in [0.5, 0.6) is 0 Å². The van der Waals surface area contributed by atoms with E-state index in [1.165, 1.54) is 6.42 Å². The average Bonchev–Trinajstić information content (AvgIpc) is 2.98. The van der Waals surface area contributed by atoms with Crippen molar-refractivity contribution in [1.82, 2.24) is 9.88 Å². The molecule has 2 aliphatic rings. The molecule has 2 atom stereocenters. The minimum atomic E-state index is -0.497. The highest BCUT2D eigenvalue weighted by molar-refractivity contribution is 5.46. The number of aromatic nitrogens is 1. The molecule has 3 heterocycles. The monoisotopic (exact) mass is 277 g/mol. The second-order valence-electron chi connectivity index (χ2n) is 5.65. The molecule has 1 aromatic heterocycles. The topological polar surface area (TPSA) is 48.8 Å². The van der Waals surface area contributed by atoms with Gasteiger partial charge < -0.3 is 14.7 Å². The quantitative estimate of drug-likeness (QED) is 0.895. The predicted octanol–water partition coefficient (Wildman–Crippen LogP) is 1.05. The first-order valence-corrected chi connectivity index (χ1v) is 7.45. The molecule has 1 unspecified atom stereocenters. The van der Waals surface area contributed by atoms with Crippen LogP contribution in [0.1, 0.15) is 25.1 Å². The molecule has 110 valence electrons. The van der Waals surface area contributed by atoms with Crippen molar-refractivity contribution in [1.29, 1.82) is 0 Å². The molecule has 0 aromatic carbocycles. The van der Waals surface area contributed by atoms with Gasteiger partial charge in [-0.25, -0.2) is 0 Å². The maximum absolute atomic E-state index is 9.50. The summed E-state index contributed by atoms with van der Waals surface area (Å²) >= 11 is 0. The van der Waals surface area contributed by atoms with Crippen LogP contribution >= 0.6 is 0 Å². The smallest absolute Gasteiger partial charge is 0.0931 e. The van der Waals surface area contributed by atoms with Gasteiger partial charge in [0.15, 0.2) is 0 Å². The van der Waals surface area contributed by atoms with E-state index in [1.54, 1.807) is 6.92 Å². The van der Waals surface area contributed by atoms with E-state index in [9.17, 15) is 5.11 Å². The molecule has 5 nitrogen and oxygen atoms in total. The van der Waals surface area contributed by atoms with Crippen LogP contribution in [0.4, 0.5) is 5.69 Å². The van der Waals surface area contributed by atoms with Crippen molar-refractivity contribution < 1.29 is 9.84 Å². The molecule has 3 rings (SSSR count). The van der Waals surface area contributed by atoms with Gasteiger partial charge in [0.2, 0.25) is 0 Å². The minimum Gasteiger partial charge on any atom is -0.387 e. The van der Waals surface area contributed by atoms with Gasteiger partial charge in [-0.2, -0.15) is 0 Å². The van der Waals surface area contributed by atoms with Gasteiger partial charge in [-0.1, -0.05) is 0 Å². The van der Waals surface area contributed by atoms with E-state index in [4.69, 9.17) is 4.74 Å². The van der Waals surface area contributed by atoms with E-state index >= 15 is 0 Å². The molecular weight excluding hydrogens is 254 g/mol. The highest BCUT2D eigenvalue weighted by Crippen LogP contribution is 2.24. The average molecular weight is 277 g/mol. The van der Waals surface area contributed by atoms with Crippen molar-refractivity contribution in [2.45, 2.75) is 25.5 Å². The van der Waals surface area contributed by atoms with Gasteiger partial charge in [-0.15, -0.1) is 0 Å². The Labute approximate surface area is 120 Å².